The minimum Gasteiger partial charge on any atom is -0.318 e. The molecule has 17 heavy (non-hydrogen) atoms. The van der Waals surface area contributed by atoms with Gasteiger partial charge in [0.2, 0.25) is 0 Å². The van der Waals surface area contributed by atoms with Crippen LogP contribution >= 0.6 is 12.6 Å². The fourth-order valence-electron chi connectivity index (χ4n) is 1.60. The fraction of sp³-hybridized carbons (Fsp3) is 0.538. The zero-order valence-corrected chi connectivity index (χ0v) is 12.1. The van der Waals surface area contributed by atoms with Crippen LogP contribution in [0.25, 0.3) is 0 Å². The van der Waals surface area contributed by atoms with E-state index in [1.54, 1.807) is 6.33 Å². The molecule has 3 nitrogen and oxygen atoms in total. The molecule has 0 unspecified atom stereocenters. The number of aryl methyl sites for hydroxylation is 1. The van der Waals surface area contributed by atoms with Crippen LogP contribution in [0.3, 0.4) is 0 Å². The summed E-state index contributed by atoms with van der Waals surface area (Å²) in [6.07, 6.45) is 4.41. The molecular weight excluding hydrogens is 230 g/mol. The summed E-state index contributed by atoms with van der Waals surface area (Å²) in [6.45, 7) is 10.5. The van der Waals surface area contributed by atoms with Gasteiger partial charge in [0.1, 0.15) is 12.1 Å². The van der Waals surface area contributed by atoms with Crippen molar-refractivity contribution < 1.29 is 0 Å². The maximum Gasteiger partial charge on any atom is 0.139 e. The molecule has 0 fully saturated rings. The standard InChI is InChI=1S/C13H21N3S/c1-6-10(4)13(17)16(9(2)3)12-11(5)7-14-8-15-12/h7-9,17H,6H2,1-5H3. The van der Waals surface area contributed by atoms with E-state index in [0.717, 1.165) is 22.8 Å². The van der Waals surface area contributed by atoms with E-state index in [2.05, 4.69) is 55.2 Å². The molecule has 0 aliphatic rings. The van der Waals surface area contributed by atoms with Gasteiger partial charge in [-0.1, -0.05) is 6.92 Å². The van der Waals surface area contributed by atoms with E-state index >= 15 is 0 Å². The molecule has 94 valence electrons. The Morgan fingerprint density at radius 2 is 2.12 bits per heavy atom. The predicted molar refractivity (Wildman–Crippen MR) is 76.4 cm³/mol. The van der Waals surface area contributed by atoms with E-state index in [1.807, 2.05) is 13.1 Å². The van der Waals surface area contributed by atoms with Crippen molar-refractivity contribution in [1.82, 2.24) is 9.97 Å². The van der Waals surface area contributed by atoms with Crippen molar-refractivity contribution in [3.8, 4) is 0 Å². The van der Waals surface area contributed by atoms with E-state index in [1.165, 1.54) is 5.57 Å². The van der Waals surface area contributed by atoms with Crippen LogP contribution in [0.4, 0.5) is 5.82 Å². The van der Waals surface area contributed by atoms with E-state index in [9.17, 15) is 0 Å². The molecule has 0 aliphatic carbocycles. The number of thiol groups is 1. The summed E-state index contributed by atoms with van der Waals surface area (Å²) in [4.78, 5) is 10.6. The highest BCUT2D eigenvalue weighted by molar-refractivity contribution is 7.84. The molecule has 4 heteroatoms. The fourth-order valence-corrected chi connectivity index (χ4v) is 2.08. The van der Waals surface area contributed by atoms with Crippen molar-refractivity contribution in [1.29, 1.82) is 0 Å². The van der Waals surface area contributed by atoms with Crippen molar-refractivity contribution in [2.45, 2.75) is 47.1 Å². The number of anilines is 1. The first-order valence-electron chi connectivity index (χ1n) is 5.93. The quantitative estimate of drug-likeness (QED) is 0.829. The summed E-state index contributed by atoms with van der Waals surface area (Å²) in [5, 5.41) is 0.990. The van der Waals surface area contributed by atoms with Crippen molar-refractivity contribution in [2.75, 3.05) is 4.90 Å². The first-order chi connectivity index (χ1) is 7.99. The molecule has 0 spiro atoms. The average Bonchev–Trinajstić information content (AvgIpc) is 2.30. The van der Waals surface area contributed by atoms with Gasteiger partial charge in [0, 0.05) is 17.8 Å². The number of hydrogen-bond acceptors (Lipinski definition) is 4. The van der Waals surface area contributed by atoms with Crippen LogP contribution in [0.1, 0.15) is 39.7 Å². The van der Waals surface area contributed by atoms with Crippen LogP contribution in [0, 0.1) is 6.92 Å². The lowest BCUT2D eigenvalue weighted by Crippen LogP contribution is -2.30. The topological polar surface area (TPSA) is 29.0 Å². The van der Waals surface area contributed by atoms with Gasteiger partial charge in [-0.15, -0.1) is 12.6 Å². The third-order valence-corrected chi connectivity index (χ3v) is 3.35. The average molecular weight is 251 g/mol. The van der Waals surface area contributed by atoms with Crippen LogP contribution < -0.4 is 4.90 Å². The third-order valence-electron chi connectivity index (χ3n) is 2.75. The second-order valence-electron chi connectivity index (χ2n) is 4.45. The Kier molecular flexibility index (Phi) is 5.00. The summed E-state index contributed by atoms with van der Waals surface area (Å²) in [5.74, 6) is 0.938. The van der Waals surface area contributed by atoms with Gasteiger partial charge in [0.15, 0.2) is 0 Å². The van der Waals surface area contributed by atoms with Gasteiger partial charge in [-0.3, -0.25) is 0 Å². The second-order valence-corrected chi connectivity index (χ2v) is 4.87. The molecule has 1 aromatic rings. The second kappa shape index (κ2) is 6.05. The minimum absolute atomic E-state index is 0.317. The lowest BCUT2D eigenvalue weighted by atomic mass is 10.2. The number of rotatable bonds is 4. The molecule has 0 N–H and O–H groups in total. The molecule has 0 radical (unpaired) electrons. The molecule has 0 saturated carbocycles. The molecule has 0 bridgehead atoms. The summed E-state index contributed by atoms with van der Waals surface area (Å²) >= 11 is 4.64. The smallest absolute Gasteiger partial charge is 0.139 e. The monoisotopic (exact) mass is 251 g/mol. The van der Waals surface area contributed by atoms with Crippen molar-refractivity contribution in [3.63, 3.8) is 0 Å². The highest BCUT2D eigenvalue weighted by Crippen LogP contribution is 2.27. The predicted octanol–water partition coefficient (Wildman–Crippen LogP) is 3.57. The maximum atomic E-state index is 4.64. The van der Waals surface area contributed by atoms with E-state index < -0.39 is 0 Å². The van der Waals surface area contributed by atoms with Crippen LogP contribution in [0.15, 0.2) is 23.1 Å². The molecule has 0 atom stereocenters. The molecule has 1 rings (SSSR count). The van der Waals surface area contributed by atoms with E-state index in [0.29, 0.717) is 6.04 Å². The van der Waals surface area contributed by atoms with E-state index in [-0.39, 0.29) is 0 Å². The Morgan fingerprint density at radius 3 is 2.59 bits per heavy atom. The largest absolute Gasteiger partial charge is 0.318 e. The van der Waals surface area contributed by atoms with Gasteiger partial charge in [0.05, 0.1) is 5.03 Å². The number of nitrogens with zero attached hydrogens (tertiary/aromatic N) is 3. The SMILES string of the molecule is CCC(C)=C(S)N(c1ncncc1C)C(C)C. The van der Waals surface area contributed by atoms with Crippen molar-refractivity contribution >= 4 is 18.4 Å². The Balaban J connectivity index is 3.25. The van der Waals surface area contributed by atoms with Gasteiger partial charge in [-0.05, 0) is 39.7 Å². The molecule has 0 amide bonds. The van der Waals surface area contributed by atoms with Gasteiger partial charge >= 0.3 is 0 Å². The number of allylic oxidation sites excluding steroid dienone is 1. The first-order valence-corrected chi connectivity index (χ1v) is 6.38. The Labute approximate surface area is 109 Å². The number of aromatic nitrogens is 2. The Bertz CT molecular complexity index is 413. The molecule has 1 aromatic heterocycles. The van der Waals surface area contributed by atoms with Gasteiger partial charge in [0.25, 0.3) is 0 Å². The lowest BCUT2D eigenvalue weighted by Gasteiger charge is -2.30. The van der Waals surface area contributed by atoms with Crippen LogP contribution in [0.5, 0.6) is 0 Å². The Hall–Kier alpha value is -1.03. The highest BCUT2D eigenvalue weighted by atomic mass is 32.1. The summed E-state index contributed by atoms with van der Waals surface area (Å²) in [6, 6.07) is 0.317. The first kappa shape index (κ1) is 14.0. The molecule has 1 heterocycles. The summed E-state index contributed by atoms with van der Waals surface area (Å²) in [7, 11) is 0. The summed E-state index contributed by atoms with van der Waals surface area (Å²) in [5.41, 5.74) is 2.33. The van der Waals surface area contributed by atoms with Gasteiger partial charge in [-0.2, -0.15) is 0 Å². The molecule has 0 saturated heterocycles. The van der Waals surface area contributed by atoms with Crippen molar-refractivity contribution in [3.05, 3.63) is 28.7 Å². The number of hydrogen-bond donors (Lipinski definition) is 1. The summed E-state index contributed by atoms with van der Waals surface area (Å²) < 4.78 is 0. The van der Waals surface area contributed by atoms with Crippen molar-refractivity contribution in [2.24, 2.45) is 0 Å². The van der Waals surface area contributed by atoms with Gasteiger partial charge in [-0.25, -0.2) is 9.97 Å². The molecule has 0 aromatic carbocycles. The zero-order valence-electron chi connectivity index (χ0n) is 11.2. The maximum absolute atomic E-state index is 4.64. The normalized spacial score (nSPS) is 12.6. The Morgan fingerprint density at radius 1 is 1.47 bits per heavy atom. The van der Waals surface area contributed by atoms with E-state index in [4.69, 9.17) is 0 Å². The van der Waals surface area contributed by atoms with Crippen LogP contribution in [-0.4, -0.2) is 16.0 Å². The molecular formula is C13H21N3S. The third kappa shape index (κ3) is 3.22. The van der Waals surface area contributed by atoms with Crippen LogP contribution in [-0.2, 0) is 0 Å². The molecule has 0 aliphatic heterocycles. The van der Waals surface area contributed by atoms with Gasteiger partial charge < -0.3 is 4.90 Å². The lowest BCUT2D eigenvalue weighted by molar-refractivity contribution is 0.752. The zero-order chi connectivity index (χ0) is 13.0. The minimum atomic E-state index is 0.317. The van der Waals surface area contributed by atoms with Crippen LogP contribution in [0.2, 0.25) is 0 Å². The highest BCUT2D eigenvalue weighted by Gasteiger charge is 2.17.